The van der Waals surface area contributed by atoms with E-state index < -0.39 is 0 Å². The first-order valence-electron chi connectivity index (χ1n) is 7.87. The molecule has 1 heterocycles. The van der Waals surface area contributed by atoms with Gasteiger partial charge in [0.25, 0.3) is 0 Å². The molecule has 5 heteroatoms. The molecule has 2 aromatic rings. The van der Waals surface area contributed by atoms with E-state index in [0.717, 1.165) is 36.5 Å². The van der Waals surface area contributed by atoms with Gasteiger partial charge in [-0.3, -0.25) is 4.79 Å². The van der Waals surface area contributed by atoms with Crippen LogP contribution in [0.3, 0.4) is 0 Å². The van der Waals surface area contributed by atoms with Gasteiger partial charge < -0.3 is 14.6 Å². The molecule has 0 spiro atoms. The molecule has 0 unspecified atom stereocenters. The first-order valence-corrected chi connectivity index (χ1v) is 7.87. The summed E-state index contributed by atoms with van der Waals surface area (Å²) in [5.41, 5.74) is 0.800. The number of aryl methyl sites for hydroxylation is 1. The van der Waals surface area contributed by atoms with Gasteiger partial charge in [0.1, 0.15) is 18.2 Å². The van der Waals surface area contributed by atoms with E-state index in [1.165, 1.54) is 0 Å². The van der Waals surface area contributed by atoms with Gasteiger partial charge in [-0.15, -0.1) is 0 Å². The number of anilines is 1. The first-order chi connectivity index (χ1) is 11.2. The molecule has 1 atom stereocenters. The Balaban J connectivity index is 1.53. The third kappa shape index (κ3) is 4.00. The third-order valence-electron chi connectivity index (χ3n) is 4.05. The second-order valence-corrected chi connectivity index (χ2v) is 5.74. The number of carbonyl (C=O) groups is 1. The van der Waals surface area contributed by atoms with E-state index in [4.69, 9.17) is 4.74 Å². The van der Waals surface area contributed by atoms with Crippen LogP contribution in [0.1, 0.15) is 25.1 Å². The summed E-state index contributed by atoms with van der Waals surface area (Å²) in [5, 5.41) is 2.97. The zero-order valence-corrected chi connectivity index (χ0v) is 13.2. The number of imidazole rings is 1. The molecule has 1 aromatic heterocycles. The number of allylic oxidation sites excluding steroid dienone is 2. The van der Waals surface area contributed by atoms with Crippen molar-refractivity contribution in [1.82, 2.24) is 9.55 Å². The lowest BCUT2D eigenvalue weighted by atomic mass is 9.93. The molecule has 0 bridgehead atoms. The highest BCUT2D eigenvalue weighted by Gasteiger charge is 2.18. The van der Waals surface area contributed by atoms with Crippen LogP contribution in [-0.2, 0) is 18.4 Å². The minimum atomic E-state index is 0.0827. The number of ether oxygens (including phenoxy) is 1. The largest absolute Gasteiger partial charge is 0.486 e. The topological polar surface area (TPSA) is 56.1 Å². The number of benzene rings is 1. The van der Waals surface area contributed by atoms with E-state index in [1.807, 2.05) is 42.1 Å². The Kier molecular flexibility index (Phi) is 4.76. The van der Waals surface area contributed by atoms with Gasteiger partial charge in [0.05, 0.1) is 0 Å². The van der Waals surface area contributed by atoms with Crippen molar-refractivity contribution in [2.75, 3.05) is 5.32 Å². The van der Waals surface area contributed by atoms with Gasteiger partial charge in [-0.1, -0.05) is 12.2 Å². The molecule has 1 amide bonds. The van der Waals surface area contributed by atoms with E-state index in [0.29, 0.717) is 6.61 Å². The monoisotopic (exact) mass is 311 g/mol. The molecular weight excluding hydrogens is 290 g/mol. The molecule has 1 aromatic carbocycles. The summed E-state index contributed by atoms with van der Waals surface area (Å²) in [6.07, 6.45) is 10.6. The Morgan fingerprint density at radius 1 is 1.35 bits per heavy atom. The minimum Gasteiger partial charge on any atom is -0.486 e. The average molecular weight is 311 g/mol. The molecule has 1 aliphatic rings. The summed E-state index contributed by atoms with van der Waals surface area (Å²) in [6, 6.07) is 7.45. The Bertz CT molecular complexity index is 689. The van der Waals surface area contributed by atoms with Gasteiger partial charge in [-0.2, -0.15) is 0 Å². The molecule has 0 saturated heterocycles. The van der Waals surface area contributed by atoms with Crippen LogP contribution in [0.25, 0.3) is 0 Å². The standard InChI is InChI=1S/C18H21N3O2/c1-21-12-11-19-17(21)13-23-16-9-7-15(8-10-16)20-18(22)14-5-3-2-4-6-14/h2-3,7-12,14H,4-6,13H2,1H3,(H,20,22)/t14-/m1/s1. The van der Waals surface area contributed by atoms with Crippen LogP contribution >= 0.6 is 0 Å². The van der Waals surface area contributed by atoms with Crippen molar-refractivity contribution in [3.8, 4) is 5.75 Å². The molecular formula is C18H21N3O2. The molecule has 0 saturated carbocycles. The minimum absolute atomic E-state index is 0.0827. The van der Waals surface area contributed by atoms with Gasteiger partial charge in [-0.05, 0) is 43.5 Å². The Morgan fingerprint density at radius 3 is 2.83 bits per heavy atom. The lowest BCUT2D eigenvalue weighted by Crippen LogP contribution is -2.23. The third-order valence-corrected chi connectivity index (χ3v) is 4.05. The van der Waals surface area contributed by atoms with Crippen LogP contribution in [-0.4, -0.2) is 15.5 Å². The maximum absolute atomic E-state index is 12.2. The fraction of sp³-hybridized carbons (Fsp3) is 0.333. The van der Waals surface area contributed by atoms with Crippen molar-refractivity contribution in [2.24, 2.45) is 13.0 Å². The van der Waals surface area contributed by atoms with Crippen LogP contribution < -0.4 is 10.1 Å². The van der Waals surface area contributed by atoms with E-state index >= 15 is 0 Å². The molecule has 5 nitrogen and oxygen atoms in total. The van der Waals surface area contributed by atoms with E-state index in [1.54, 1.807) is 6.20 Å². The van der Waals surface area contributed by atoms with Crippen molar-refractivity contribution in [3.05, 3.63) is 54.6 Å². The van der Waals surface area contributed by atoms with Gasteiger partial charge in [0, 0.05) is 31.0 Å². The van der Waals surface area contributed by atoms with Gasteiger partial charge in [0.15, 0.2) is 0 Å². The van der Waals surface area contributed by atoms with Gasteiger partial charge in [-0.25, -0.2) is 4.98 Å². The Labute approximate surface area is 136 Å². The SMILES string of the molecule is Cn1ccnc1COc1ccc(NC(=O)[C@@H]2CC=CCC2)cc1. The number of hydrogen-bond acceptors (Lipinski definition) is 3. The highest BCUT2D eigenvalue weighted by Crippen LogP contribution is 2.21. The van der Waals surface area contributed by atoms with E-state index in [9.17, 15) is 4.79 Å². The molecule has 3 rings (SSSR count). The number of aromatic nitrogens is 2. The maximum Gasteiger partial charge on any atom is 0.227 e. The average Bonchev–Trinajstić information content (AvgIpc) is 3.00. The second kappa shape index (κ2) is 7.13. The lowest BCUT2D eigenvalue weighted by Gasteiger charge is -2.17. The fourth-order valence-electron chi connectivity index (χ4n) is 2.59. The summed E-state index contributed by atoms with van der Waals surface area (Å²) < 4.78 is 7.63. The summed E-state index contributed by atoms with van der Waals surface area (Å²) in [4.78, 5) is 16.4. The smallest absolute Gasteiger partial charge is 0.227 e. The van der Waals surface area contributed by atoms with Crippen LogP contribution in [0.2, 0.25) is 0 Å². The van der Waals surface area contributed by atoms with Crippen LogP contribution in [0, 0.1) is 5.92 Å². The fourth-order valence-corrected chi connectivity index (χ4v) is 2.59. The summed E-state index contributed by atoms with van der Waals surface area (Å²) in [5.74, 6) is 1.80. The molecule has 120 valence electrons. The summed E-state index contributed by atoms with van der Waals surface area (Å²) in [7, 11) is 1.94. The predicted molar refractivity (Wildman–Crippen MR) is 89.1 cm³/mol. The molecule has 1 aliphatic carbocycles. The molecule has 1 N–H and O–H groups in total. The maximum atomic E-state index is 12.2. The van der Waals surface area contributed by atoms with Crippen molar-refractivity contribution in [2.45, 2.75) is 25.9 Å². The molecule has 0 radical (unpaired) electrons. The van der Waals surface area contributed by atoms with Crippen molar-refractivity contribution < 1.29 is 9.53 Å². The predicted octanol–water partition coefficient (Wildman–Crippen LogP) is 3.29. The van der Waals surface area contributed by atoms with Crippen molar-refractivity contribution in [3.63, 3.8) is 0 Å². The van der Waals surface area contributed by atoms with E-state index in [2.05, 4.69) is 22.5 Å². The Morgan fingerprint density at radius 2 is 2.17 bits per heavy atom. The molecule has 0 fully saturated rings. The highest BCUT2D eigenvalue weighted by atomic mass is 16.5. The normalized spacial score (nSPS) is 17.0. The number of carbonyl (C=O) groups excluding carboxylic acids is 1. The lowest BCUT2D eigenvalue weighted by molar-refractivity contribution is -0.120. The first kappa shape index (κ1) is 15.3. The van der Waals surface area contributed by atoms with Gasteiger partial charge >= 0.3 is 0 Å². The Hall–Kier alpha value is -2.56. The van der Waals surface area contributed by atoms with Gasteiger partial charge in [0.2, 0.25) is 5.91 Å². The zero-order chi connectivity index (χ0) is 16.1. The van der Waals surface area contributed by atoms with Crippen LogP contribution in [0.5, 0.6) is 5.75 Å². The number of amides is 1. The summed E-state index contributed by atoms with van der Waals surface area (Å²) in [6.45, 7) is 0.420. The second-order valence-electron chi connectivity index (χ2n) is 5.74. The number of nitrogens with zero attached hydrogens (tertiary/aromatic N) is 2. The van der Waals surface area contributed by atoms with Crippen molar-refractivity contribution >= 4 is 11.6 Å². The number of hydrogen-bond donors (Lipinski definition) is 1. The van der Waals surface area contributed by atoms with E-state index in [-0.39, 0.29) is 11.8 Å². The summed E-state index contributed by atoms with van der Waals surface area (Å²) >= 11 is 0. The van der Waals surface area contributed by atoms with Crippen molar-refractivity contribution in [1.29, 1.82) is 0 Å². The van der Waals surface area contributed by atoms with Crippen LogP contribution in [0.15, 0.2) is 48.8 Å². The number of rotatable bonds is 5. The highest BCUT2D eigenvalue weighted by molar-refractivity contribution is 5.92. The zero-order valence-electron chi connectivity index (χ0n) is 13.2. The quantitative estimate of drug-likeness (QED) is 0.862. The molecule has 0 aliphatic heterocycles. The molecule has 23 heavy (non-hydrogen) atoms. The van der Waals surface area contributed by atoms with Crippen LogP contribution in [0.4, 0.5) is 5.69 Å². The number of nitrogens with one attached hydrogen (secondary N) is 1.